The quantitative estimate of drug-likeness (QED) is 0.437. The number of benzene rings is 2. The lowest BCUT2D eigenvalue weighted by Gasteiger charge is -2.22. The maximum atomic E-state index is 12.9. The minimum absolute atomic E-state index is 0.0874. The molecule has 3 rings (SSSR count). The summed E-state index contributed by atoms with van der Waals surface area (Å²) in [5.74, 6) is -0.769. The second-order valence-corrected chi connectivity index (χ2v) is 10.4. The predicted octanol–water partition coefficient (Wildman–Crippen LogP) is 2.72. The molecule has 0 aliphatic carbocycles. The number of carbonyl (C=O) groups excluding carboxylic acids is 2. The molecule has 0 spiro atoms. The molecule has 0 bridgehead atoms. The summed E-state index contributed by atoms with van der Waals surface area (Å²) in [5.41, 5.74) is 2.04. The van der Waals surface area contributed by atoms with Crippen molar-refractivity contribution in [3.8, 4) is 0 Å². The number of rotatable bonds is 11. The van der Waals surface area contributed by atoms with E-state index in [1.165, 1.54) is 28.4 Å². The number of hydrogen-bond donors (Lipinski definition) is 2. The van der Waals surface area contributed by atoms with Gasteiger partial charge in [-0.3, -0.25) is 9.59 Å². The zero-order valence-corrected chi connectivity index (χ0v) is 20.0. The molecule has 0 radical (unpaired) electrons. The molecule has 2 N–H and O–H groups in total. The number of amides is 2. The van der Waals surface area contributed by atoms with E-state index in [1.54, 1.807) is 12.1 Å². The fourth-order valence-corrected chi connectivity index (χ4v) is 4.81. The standard InChI is InChI=1S/C24H27N3O4S2/c1-19-9-11-22(12-10-19)33(30,31)26-16-24(29)27(17-21-8-5-15-32-21)18-23(28)25-14-13-20-6-3-2-4-7-20/h2-12,15,26H,13-14,16-18H2,1H3,(H,25,28). The first-order valence-corrected chi connectivity index (χ1v) is 12.9. The Hall–Kier alpha value is -3.01. The molecule has 0 unspecified atom stereocenters. The van der Waals surface area contributed by atoms with Gasteiger partial charge in [0, 0.05) is 11.4 Å². The van der Waals surface area contributed by atoms with Crippen LogP contribution in [0.4, 0.5) is 0 Å². The summed E-state index contributed by atoms with van der Waals surface area (Å²) in [6, 6.07) is 19.9. The van der Waals surface area contributed by atoms with Crippen molar-refractivity contribution in [2.75, 3.05) is 19.6 Å². The third-order valence-corrected chi connectivity index (χ3v) is 7.22. The van der Waals surface area contributed by atoms with Crippen LogP contribution in [-0.4, -0.2) is 44.8 Å². The van der Waals surface area contributed by atoms with Crippen molar-refractivity contribution >= 4 is 33.2 Å². The number of thiophene rings is 1. The van der Waals surface area contributed by atoms with Crippen molar-refractivity contribution in [1.29, 1.82) is 0 Å². The first kappa shape index (κ1) is 24.6. The second kappa shape index (κ2) is 11.7. The van der Waals surface area contributed by atoms with E-state index in [-0.39, 0.29) is 23.9 Å². The van der Waals surface area contributed by atoms with E-state index in [9.17, 15) is 18.0 Å². The van der Waals surface area contributed by atoms with Crippen LogP contribution >= 0.6 is 11.3 Å². The van der Waals surface area contributed by atoms with Gasteiger partial charge in [-0.1, -0.05) is 54.1 Å². The lowest BCUT2D eigenvalue weighted by molar-refractivity contribution is -0.135. The smallest absolute Gasteiger partial charge is 0.241 e. The highest BCUT2D eigenvalue weighted by Crippen LogP contribution is 2.13. The van der Waals surface area contributed by atoms with E-state index < -0.39 is 22.5 Å². The number of aryl methyl sites for hydroxylation is 1. The summed E-state index contributed by atoms with van der Waals surface area (Å²) >= 11 is 1.47. The molecule has 0 saturated heterocycles. The molecule has 0 aliphatic rings. The molecule has 7 nitrogen and oxygen atoms in total. The van der Waals surface area contributed by atoms with Crippen LogP contribution in [0.15, 0.2) is 77.0 Å². The molecule has 174 valence electrons. The molecule has 0 atom stereocenters. The summed E-state index contributed by atoms with van der Waals surface area (Å²) in [5, 5.41) is 4.72. The van der Waals surface area contributed by atoms with E-state index in [4.69, 9.17) is 0 Å². The van der Waals surface area contributed by atoms with Gasteiger partial charge in [-0.05, 0) is 42.5 Å². The topological polar surface area (TPSA) is 95.6 Å². The number of sulfonamides is 1. The fourth-order valence-electron chi connectivity index (χ4n) is 3.11. The lowest BCUT2D eigenvalue weighted by atomic mass is 10.1. The monoisotopic (exact) mass is 485 g/mol. The molecule has 1 aromatic heterocycles. The Morgan fingerprint density at radius 1 is 0.970 bits per heavy atom. The van der Waals surface area contributed by atoms with Crippen LogP contribution in [0.2, 0.25) is 0 Å². The first-order chi connectivity index (χ1) is 15.8. The highest BCUT2D eigenvalue weighted by atomic mass is 32.2. The summed E-state index contributed by atoms with van der Waals surface area (Å²) in [6.07, 6.45) is 0.682. The van der Waals surface area contributed by atoms with Crippen LogP contribution in [-0.2, 0) is 32.6 Å². The van der Waals surface area contributed by atoms with E-state index >= 15 is 0 Å². The van der Waals surface area contributed by atoms with Gasteiger partial charge in [0.05, 0.1) is 24.5 Å². The zero-order valence-electron chi connectivity index (χ0n) is 18.4. The number of carbonyl (C=O) groups is 2. The van der Waals surface area contributed by atoms with Crippen molar-refractivity contribution in [3.05, 3.63) is 88.1 Å². The Balaban J connectivity index is 1.58. The average molecular weight is 486 g/mol. The van der Waals surface area contributed by atoms with Crippen molar-refractivity contribution in [2.24, 2.45) is 0 Å². The summed E-state index contributed by atoms with van der Waals surface area (Å²) < 4.78 is 27.4. The maximum Gasteiger partial charge on any atom is 0.241 e. The molecule has 9 heteroatoms. The van der Waals surface area contributed by atoms with Crippen molar-refractivity contribution in [2.45, 2.75) is 24.8 Å². The van der Waals surface area contributed by atoms with Crippen LogP contribution < -0.4 is 10.0 Å². The Bertz CT molecular complexity index is 1150. The summed E-state index contributed by atoms with van der Waals surface area (Å²) in [6.45, 7) is 1.95. The minimum Gasteiger partial charge on any atom is -0.354 e. The third kappa shape index (κ3) is 7.81. The van der Waals surface area contributed by atoms with Crippen molar-refractivity contribution < 1.29 is 18.0 Å². The fraction of sp³-hybridized carbons (Fsp3) is 0.250. The van der Waals surface area contributed by atoms with E-state index in [0.717, 1.165) is 16.0 Å². The SMILES string of the molecule is Cc1ccc(S(=O)(=O)NCC(=O)N(CC(=O)NCCc2ccccc2)Cc2cccs2)cc1. The highest BCUT2D eigenvalue weighted by Gasteiger charge is 2.21. The molecular formula is C24H27N3O4S2. The Morgan fingerprint density at radius 3 is 2.36 bits per heavy atom. The predicted molar refractivity (Wildman–Crippen MR) is 129 cm³/mol. The highest BCUT2D eigenvalue weighted by molar-refractivity contribution is 7.89. The van der Waals surface area contributed by atoms with Crippen molar-refractivity contribution in [3.63, 3.8) is 0 Å². The zero-order chi connectivity index (χ0) is 23.7. The van der Waals surface area contributed by atoms with E-state index in [0.29, 0.717) is 13.0 Å². The van der Waals surface area contributed by atoms with Gasteiger partial charge in [0.1, 0.15) is 0 Å². The lowest BCUT2D eigenvalue weighted by Crippen LogP contribution is -2.44. The first-order valence-electron chi connectivity index (χ1n) is 10.5. The van der Waals surface area contributed by atoms with Gasteiger partial charge >= 0.3 is 0 Å². The van der Waals surface area contributed by atoms with Crippen molar-refractivity contribution in [1.82, 2.24) is 14.9 Å². The average Bonchev–Trinajstić information content (AvgIpc) is 3.31. The molecule has 3 aromatic rings. The van der Waals surface area contributed by atoms with Gasteiger partial charge in [-0.25, -0.2) is 13.1 Å². The van der Waals surface area contributed by atoms with Crippen LogP contribution in [0.5, 0.6) is 0 Å². The Kier molecular flexibility index (Phi) is 8.76. The third-order valence-electron chi connectivity index (χ3n) is 4.94. The normalized spacial score (nSPS) is 11.2. The van der Waals surface area contributed by atoms with Crippen LogP contribution in [0, 0.1) is 6.92 Å². The number of nitrogens with one attached hydrogen (secondary N) is 2. The minimum atomic E-state index is -3.84. The molecule has 0 saturated carbocycles. The van der Waals surface area contributed by atoms with E-state index in [2.05, 4.69) is 10.0 Å². The second-order valence-electron chi connectivity index (χ2n) is 7.55. The van der Waals surface area contributed by atoms with Gasteiger partial charge in [0.2, 0.25) is 21.8 Å². The number of hydrogen-bond acceptors (Lipinski definition) is 5. The Morgan fingerprint density at radius 2 is 1.70 bits per heavy atom. The molecule has 0 fully saturated rings. The van der Waals surface area contributed by atoms with Gasteiger partial charge in [0.25, 0.3) is 0 Å². The van der Waals surface area contributed by atoms with Crippen LogP contribution in [0.3, 0.4) is 0 Å². The van der Waals surface area contributed by atoms with Gasteiger partial charge in [-0.2, -0.15) is 0 Å². The van der Waals surface area contributed by atoms with Gasteiger partial charge in [-0.15, -0.1) is 11.3 Å². The molecule has 33 heavy (non-hydrogen) atoms. The summed E-state index contributed by atoms with van der Waals surface area (Å²) in [4.78, 5) is 27.7. The molecule has 2 aromatic carbocycles. The largest absolute Gasteiger partial charge is 0.354 e. The maximum absolute atomic E-state index is 12.9. The molecule has 1 heterocycles. The molecule has 0 aliphatic heterocycles. The summed E-state index contributed by atoms with van der Waals surface area (Å²) in [7, 11) is -3.84. The van der Waals surface area contributed by atoms with E-state index in [1.807, 2.05) is 54.8 Å². The number of nitrogens with zero attached hydrogens (tertiary/aromatic N) is 1. The molecular weight excluding hydrogens is 458 g/mol. The van der Waals surface area contributed by atoms with Gasteiger partial charge in [0.15, 0.2) is 0 Å². The van der Waals surface area contributed by atoms with Crippen LogP contribution in [0.25, 0.3) is 0 Å². The van der Waals surface area contributed by atoms with Gasteiger partial charge < -0.3 is 10.2 Å². The van der Waals surface area contributed by atoms with Crippen LogP contribution in [0.1, 0.15) is 16.0 Å². The molecule has 2 amide bonds. The Labute approximate surface area is 198 Å².